The lowest BCUT2D eigenvalue weighted by Crippen LogP contribution is -2.10. The number of hydrogen-bond donors (Lipinski definition) is 1. The van der Waals surface area contributed by atoms with Gasteiger partial charge in [-0.1, -0.05) is 0 Å². The molecule has 0 bridgehead atoms. The molecule has 1 heterocycles. The van der Waals surface area contributed by atoms with Crippen molar-refractivity contribution < 1.29 is 24.2 Å². The molecular formula is C11H10O5. The number of aromatic carboxylic acids is 1. The largest absolute Gasteiger partial charge is 0.478 e. The number of carboxylic acid groups (broad SMARTS) is 1. The van der Waals surface area contributed by atoms with Gasteiger partial charge in [-0.05, 0) is 24.3 Å². The number of hydrogen-bond acceptors (Lipinski definition) is 4. The first-order valence-corrected chi connectivity index (χ1v) is 4.79. The molecule has 0 aliphatic carbocycles. The van der Waals surface area contributed by atoms with Crippen LogP contribution in [0.1, 0.15) is 20.7 Å². The fraction of sp³-hybridized carbons (Fsp3) is 0.273. The van der Waals surface area contributed by atoms with E-state index in [1.165, 1.54) is 24.3 Å². The van der Waals surface area contributed by atoms with E-state index in [9.17, 15) is 9.59 Å². The van der Waals surface area contributed by atoms with Gasteiger partial charge in [0.1, 0.15) is 12.7 Å². The number of esters is 1. The molecule has 1 aliphatic rings. The van der Waals surface area contributed by atoms with Gasteiger partial charge in [-0.15, -0.1) is 0 Å². The molecule has 5 heteroatoms. The normalized spacial score (nSPS) is 17.9. The molecule has 0 amide bonds. The molecule has 1 saturated heterocycles. The highest BCUT2D eigenvalue weighted by Gasteiger charge is 2.24. The van der Waals surface area contributed by atoms with Crippen molar-refractivity contribution in [1.82, 2.24) is 0 Å². The second kappa shape index (κ2) is 4.32. The number of carboxylic acids is 1. The highest BCUT2D eigenvalue weighted by molar-refractivity contribution is 5.92. The Morgan fingerprint density at radius 2 is 1.88 bits per heavy atom. The summed E-state index contributed by atoms with van der Waals surface area (Å²) in [6, 6.07) is 5.60. The van der Waals surface area contributed by atoms with Gasteiger partial charge >= 0.3 is 11.9 Å². The highest BCUT2D eigenvalue weighted by atomic mass is 16.6. The molecule has 0 spiro atoms. The number of carbonyl (C=O) groups is 2. The van der Waals surface area contributed by atoms with E-state index in [1.54, 1.807) is 0 Å². The van der Waals surface area contributed by atoms with Crippen LogP contribution in [0.15, 0.2) is 24.3 Å². The third-order valence-corrected chi connectivity index (χ3v) is 2.17. The Bertz CT molecular complexity index is 405. The lowest BCUT2D eigenvalue weighted by atomic mass is 10.1. The second-order valence-electron chi connectivity index (χ2n) is 3.44. The van der Waals surface area contributed by atoms with E-state index in [0.717, 1.165) is 0 Å². The van der Waals surface area contributed by atoms with Crippen LogP contribution >= 0.6 is 0 Å². The maximum Gasteiger partial charge on any atom is 0.338 e. The fourth-order valence-electron chi connectivity index (χ4n) is 1.17. The molecule has 0 aromatic heterocycles. The van der Waals surface area contributed by atoms with Crippen LogP contribution in [0.3, 0.4) is 0 Å². The minimum atomic E-state index is -1.02. The first-order valence-electron chi connectivity index (χ1n) is 4.79. The van der Waals surface area contributed by atoms with Crippen molar-refractivity contribution in [3.63, 3.8) is 0 Å². The Labute approximate surface area is 91.6 Å². The summed E-state index contributed by atoms with van der Waals surface area (Å²) in [5.74, 6) is -1.49. The zero-order valence-corrected chi connectivity index (χ0v) is 8.38. The maximum absolute atomic E-state index is 11.4. The van der Waals surface area contributed by atoms with E-state index < -0.39 is 11.9 Å². The smallest absolute Gasteiger partial charge is 0.338 e. The van der Waals surface area contributed by atoms with Crippen LogP contribution in [0.4, 0.5) is 0 Å². The van der Waals surface area contributed by atoms with Gasteiger partial charge in [-0.2, -0.15) is 0 Å². The van der Waals surface area contributed by atoms with Crippen LogP contribution in [0, 0.1) is 0 Å². The summed E-state index contributed by atoms with van der Waals surface area (Å²) in [5, 5.41) is 8.67. The van der Waals surface area contributed by atoms with E-state index in [1.807, 2.05) is 0 Å². The van der Waals surface area contributed by atoms with Gasteiger partial charge in [-0.25, -0.2) is 9.59 Å². The van der Waals surface area contributed by atoms with Crippen molar-refractivity contribution >= 4 is 11.9 Å². The standard InChI is InChI=1S/C11H10O5/c12-10(13)7-1-3-8(4-2-7)11(14)16-6-9-5-15-9/h1-4,9H,5-6H2,(H,12,13). The number of carbonyl (C=O) groups excluding carboxylic acids is 1. The Balaban J connectivity index is 1.96. The first kappa shape index (κ1) is 10.6. The van der Waals surface area contributed by atoms with Crippen LogP contribution in [0.5, 0.6) is 0 Å². The van der Waals surface area contributed by atoms with Crippen molar-refractivity contribution in [3.05, 3.63) is 35.4 Å². The molecule has 1 fully saturated rings. The number of rotatable bonds is 4. The van der Waals surface area contributed by atoms with Crippen molar-refractivity contribution in [1.29, 1.82) is 0 Å². The molecule has 1 aromatic carbocycles. The average Bonchev–Trinajstić information content (AvgIpc) is 3.10. The zero-order chi connectivity index (χ0) is 11.5. The van der Waals surface area contributed by atoms with Gasteiger partial charge in [0.15, 0.2) is 0 Å². The Morgan fingerprint density at radius 1 is 1.31 bits per heavy atom. The van der Waals surface area contributed by atoms with E-state index in [2.05, 4.69) is 0 Å². The highest BCUT2D eigenvalue weighted by Crippen LogP contribution is 2.11. The third-order valence-electron chi connectivity index (χ3n) is 2.17. The molecular weight excluding hydrogens is 212 g/mol. The van der Waals surface area contributed by atoms with Crippen LogP contribution < -0.4 is 0 Å². The molecule has 0 saturated carbocycles. The summed E-state index contributed by atoms with van der Waals surface area (Å²) in [6.07, 6.45) is 0.0299. The van der Waals surface area contributed by atoms with Crippen molar-refractivity contribution in [2.24, 2.45) is 0 Å². The molecule has 1 unspecified atom stereocenters. The number of epoxide rings is 1. The lowest BCUT2D eigenvalue weighted by Gasteiger charge is -2.02. The molecule has 1 atom stereocenters. The van der Waals surface area contributed by atoms with E-state index in [4.69, 9.17) is 14.6 Å². The topological polar surface area (TPSA) is 76.1 Å². The quantitative estimate of drug-likeness (QED) is 0.606. The molecule has 84 valence electrons. The summed E-state index contributed by atoms with van der Waals surface area (Å²) < 4.78 is 9.83. The summed E-state index contributed by atoms with van der Waals surface area (Å²) in [5.41, 5.74) is 0.479. The van der Waals surface area contributed by atoms with Crippen molar-refractivity contribution in [3.8, 4) is 0 Å². The van der Waals surface area contributed by atoms with Crippen LogP contribution in [0.25, 0.3) is 0 Å². The van der Waals surface area contributed by atoms with E-state index in [0.29, 0.717) is 12.2 Å². The molecule has 16 heavy (non-hydrogen) atoms. The maximum atomic E-state index is 11.4. The summed E-state index contributed by atoms with van der Waals surface area (Å²) in [6.45, 7) is 0.880. The van der Waals surface area contributed by atoms with Gasteiger partial charge in [0, 0.05) is 0 Å². The predicted molar refractivity (Wildman–Crippen MR) is 53.4 cm³/mol. The Morgan fingerprint density at radius 3 is 2.38 bits per heavy atom. The number of ether oxygens (including phenoxy) is 2. The summed E-state index contributed by atoms with van der Waals surface area (Å²) in [7, 11) is 0. The minimum Gasteiger partial charge on any atom is -0.478 e. The second-order valence-corrected chi connectivity index (χ2v) is 3.44. The van der Waals surface area contributed by atoms with Crippen molar-refractivity contribution in [2.45, 2.75) is 6.10 Å². The molecule has 1 aromatic rings. The molecule has 0 radical (unpaired) electrons. The fourth-order valence-corrected chi connectivity index (χ4v) is 1.17. The number of benzene rings is 1. The lowest BCUT2D eigenvalue weighted by molar-refractivity contribution is 0.0476. The molecule has 5 nitrogen and oxygen atoms in total. The van der Waals surface area contributed by atoms with Gasteiger partial charge in [0.2, 0.25) is 0 Å². The Kier molecular flexibility index (Phi) is 2.87. The summed E-state index contributed by atoms with van der Waals surface area (Å²) in [4.78, 5) is 22.0. The monoisotopic (exact) mass is 222 g/mol. The van der Waals surface area contributed by atoms with Gasteiger partial charge < -0.3 is 14.6 Å². The van der Waals surface area contributed by atoms with E-state index >= 15 is 0 Å². The van der Waals surface area contributed by atoms with Gasteiger partial charge in [-0.3, -0.25) is 0 Å². The minimum absolute atomic E-state index is 0.0299. The van der Waals surface area contributed by atoms with E-state index in [-0.39, 0.29) is 18.3 Å². The zero-order valence-electron chi connectivity index (χ0n) is 8.38. The van der Waals surface area contributed by atoms with Gasteiger partial charge in [0.25, 0.3) is 0 Å². The first-order chi connectivity index (χ1) is 7.66. The van der Waals surface area contributed by atoms with Gasteiger partial charge in [0.05, 0.1) is 17.7 Å². The molecule has 1 aliphatic heterocycles. The molecule has 1 N–H and O–H groups in total. The Hall–Kier alpha value is -1.88. The molecule has 2 rings (SSSR count). The predicted octanol–water partition coefficient (Wildman–Crippen LogP) is 0.940. The summed E-state index contributed by atoms with van der Waals surface area (Å²) >= 11 is 0. The van der Waals surface area contributed by atoms with Crippen LogP contribution in [0.2, 0.25) is 0 Å². The van der Waals surface area contributed by atoms with Crippen molar-refractivity contribution in [2.75, 3.05) is 13.2 Å². The SMILES string of the molecule is O=C(O)c1ccc(C(=O)OCC2CO2)cc1. The van der Waals surface area contributed by atoms with Crippen LogP contribution in [-0.4, -0.2) is 36.4 Å². The average molecular weight is 222 g/mol. The third kappa shape index (κ3) is 2.58. The van der Waals surface area contributed by atoms with Crippen LogP contribution in [-0.2, 0) is 9.47 Å².